The predicted molar refractivity (Wildman–Crippen MR) is 90.2 cm³/mol. The van der Waals surface area contributed by atoms with E-state index in [9.17, 15) is 5.11 Å². The molecule has 0 spiro atoms. The van der Waals surface area contributed by atoms with Crippen molar-refractivity contribution in [1.82, 2.24) is 0 Å². The smallest absolute Gasteiger partial charge is 0.139 e. The summed E-state index contributed by atoms with van der Waals surface area (Å²) >= 11 is 7.64. The molecule has 0 fully saturated rings. The van der Waals surface area contributed by atoms with Crippen LogP contribution in [0.3, 0.4) is 0 Å². The number of rotatable bonds is 4. The Hall–Kier alpha value is -1.97. The lowest BCUT2D eigenvalue weighted by Gasteiger charge is -2.12. The fourth-order valence-corrected chi connectivity index (χ4v) is 3.14. The zero-order valence-electron chi connectivity index (χ0n) is 11.2. The summed E-state index contributed by atoms with van der Waals surface area (Å²) < 4.78 is 0. The second-order valence-electron chi connectivity index (χ2n) is 4.62. The maximum Gasteiger partial charge on any atom is 0.139 e. The van der Waals surface area contributed by atoms with Gasteiger partial charge in [-0.1, -0.05) is 48.0 Å². The Balaban J connectivity index is 1.85. The van der Waals surface area contributed by atoms with Gasteiger partial charge < -0.3 is 10.4 Å². The molecule has 0 unspecified atom stereocenters. The van der Waals surface area contributed by atoms with Crippen molar-refractivity contribution in [3.63, 3.8) is 0 Å². The summed E-state index contributed by atoms with van der Waals surface area (Å²) in [7, 11) is 0. The first kappa shape index (κ1) is 14.0. The molecular formula is C17H14ClNOS. The van der Waals surface area contributed by atoms with Crippen molar-refractivity contribution >= 4 is 28.6 Å². The minimum Gasteiger partial charge on any atom is -0.506 e. The maximum atomic E-state index is 9.96. The monoisotopic (exact) mass is 315 g/mol. The number of benzene rings is 2. The van der Waals surface area contributed by atoms with Gasteiger partial charge in [0.05, 0.1) is 5.02 Å². The minimum absolute atomic E-state index is 0.139. The van der Waals surface area contributed by atoms with Gasteiger partial charge in [-0.05, 0) is 23.6 Å². The third-order valence-corrected chi connectivity index (χ3v) is 4.46. The molecule has 1 aromatic heterocycles. The molecule has 0 saturated heterocycles. The standard InChI is InChI=1S/C17H14ClNOS/c18-14-7-3-5-12(17(14)20)11-19-15-8-2-1-6-13(15)16-9-4-10-21-16/h1-10,19-20H,11H2. The molecule has 106 valence electrons. The van der Waals surface area contributed by atoms with Crippen LogP contribution in [0, 0.1) is 0 Å². The molecule has 21 heavy (non-hydrogen) atoms. The van der Waals surface area contributed by atoms with E-state index >= 15 is 0 Å². The summed E-state index contributed by atoms with van der Waals surface area (Å²) in [5.74, 6) is 0.139. The zero-order valence-corrected chi connectivity index (χ0v) is 12.8. The third-order valence-electron chi connectivity index (χ3n) is 3.25. The fraction of sp³-hybridized carbons (Fsp3) is 0.0588. The first-order valence-electron chi connectivity index (χ1n) is 6.59. The molecule has 3 rings (SSSR count). The van der Waals surface area contributed by atoms with Crippen LogP contribution < -0.4 is 5.32 Å². The van der Waals surface area contributed by atoms with E-state index in [2.05, 4.69) is 22.8 Å². The van der Waals surface area contributed by atoms with Crippen molar-refractivity contribution in [3.05, 3.63) is 70.6 Å². The highest BCUT2D eigenvalue weighted by Gasteiger charge is 2.08. The normalized spacial score (nSPS) is 10.5. The largest absolute Gasteiger partial charge is 0.506 e. The van der Waals surface area contributed by atoms with Crippen LogP contribution >= 0.6 is 22.9 Å². The van der Waals surface area contributed by atoms with Crippen LogP contribution in [-0.4, -0.2) is 5.11 Å². The van der Waals surface area contributed by atoms with Crippen LogP contribution in [0.15, 0.2) is 60.0 Å². The van der Waals surface area contributed by atoms with Gasteiger partial charge in [0.15, 0.2) is 0 Å². The van der Waals surface area contributed by atoms with Crippen LogP contribution in [0.1, 0.15) is 5.56 Å². The lowest BCUT2D eigenvalue weighted by molar-refractivity contribution is 0.469. The van der Waals surface area contributed by atoms with Crippen LogP contribution in [-0.2, 0) is 6.54 Å². The van der Waals surface area contributed by atoms with Crippen molar-refractivity contribution < 1.29 is 5.11 Å². The van der Waals surface area contributed by atoms with E-state index in [-0.39, 0.29) is 5.75 Å². The van der Waals surface area contributed by atoms with Crippen LogP contribution in [0.5, 0.6) is 5.75 Å². The molecule has 0 radical (unpaired) electrons. The van der Waals surface area contributed by atoms with Crippen LogP contribution in [0.2, 0.25) is 5.02 Å². The second-order valence-corrected chi connectivity index (χ2v) is 5.98. The summed E-state index contributed by atoms with van der Waals surface area (Å²) in [6.07, 6.45) is 0. The number of para-hydroxylation sites is 2. The minimum atomic E-state index is 0.139. The Kier molecular flexibility index (Phi) is 4.13. The molecule has 0 aliphatic rings. The van der Waals surface area contributed by atoms with E-state index in [0.717, 1.165) is 16.8 Å². The van der Waals surface area contributed by atoms with E-state index in [1.807, 2.05) is 36.4 Å². The van der Waals surface area contributed by atoms with Gasteiger partial charge in [-0.15, -0.1) is 11.3 Å². The Bertz CT molecular complexity index is 740. The molecule has 4 heteroatoms. The Labute approximate surface area is 132 Å². The highest BCUT2D eigenvalue weighted by molar-refractivity contribution is 7.13. The van der Waals surface area contributed by atoms with Gasteiger partial charge in [-0.3, -0.25) is 0 Å². The first-order chi connectivity index (χ1) is 10.3. The number of anilines is 1. The Morgan fingerprint density at radius 3 is 2.67 bits per heavy atom. The molecule has 2 aromatic carbocycles. The van der Waals surface area contributed by atoms with Crippen molar-refractivity contribution in [2.45, 2.75) is 6.54 Å². The molecule has 0 saturated carbocycles. The molecule has 0 bridgehead atoms. The Morgan fingerprint density at radius 2 is 1.86 bits per heavy atom. The van der Waals surface area contributed by atoms with E-state index < -0.39 is 0 Å². The fourth-order valence-electron chi connectivity index (χ4n) is 2.18. The van der Waals surface area contributed by atoms with Crippen molar-refractivity contribution in [3.8, 4) is 16.2 Å². The maximum absolute atomic E-state index is 9.96. The highest BCUT2D eigenvalue weighted by atomic mass is 35.5. The van der Waals surface area contributed by atoms with Gasteiger partial charge in [0.2, 0.25) is 0 Å². The lowest BCUT2D eigenvalue weighted by Crippen LogP contribution is -2.01. The first-order valence-corrected chi connectivity index (χ1v) is 7.84. The summed E-state index contributed by atoms with van der Waals surface area (Å²) in [5.41, 5.74) is 2.98. The van der Waals surface area contributed by atoms with Crippen molar-refractivity contribution in [1.29, 1.82) is 0 Å². The van der Waals surface area contributed by atoms with Gasteiger partial charge in [0, 0.05) is 28.2 Å². The van der Waals surface area contributed by atoms with Crippen LogP contribution in [0.4, 0.5) is 5.69 Å². The summed E-state index contributed by atoms with van der Waals surface area (Å²) in [4.78, 5) is 1.22. The summed E-state index contributed by atoms with van der Waals surface area (Å²) in [6.45, 7) is 0.523. The van der Waals surface area contributed by atoms with E-state index in [1.54, 1.807) is 17.4 Å². The molecule has 2 nitrogen and oxygen atoms in total. The molecule has 0 aliphatic heterocycles. The summed E-state index contributed by atoms with van der Waals surface area (Å²) in [5, 5.41) is 15.8. The van der Waals surface area contributed by atoms with Crippen molar-refractivity contribution in [2.24, 2.45) is 0 Å². The molecule has 0 amide bonds. The third kappa shape index (κ3) is 3.04. The molecule has 3 aromatic rings. The number of hydrogen-bond donors (Lipinski definition) is 2. The number of nitrogens with one attached hydrogen (secondary N) is 1. The van der Waals surface area contributed by atoms with Gasteiger partial charge in [-0.2, -0.15) is 0 Å². The summed E-state index contributed by atoms with van der Waals surface area (Å²) in [6, 6.07) is 17.7. The SMILES string of the molecule is Oc1c(Cl)cccc1CNc1ccccc1-c1cccs1. The zero-order chi connectivity index (χ0) is 14.7. The van der Waals surface area contributed by atoms with Gasteiger partial charge in [0.25, 0.3) is 0 Å². The van der Waals surface area contributed by atoms with E-state index in [1.165, 1.54) is 4.88 Å². The number of hydrogen-bond acceptors (Lipinski definition) is 3. The average Bonchev–Trinajstić information content (AvgIpc) is 3.03. The molecule has 0 aliphatic carbocycles. The average molecular weight is 316 g/mol. The van der Waals surface area contributed by atoms with Crippen LogP contribution in [0.25, 0.3) is 10.4 Å². The second kappa shape index (κ2) is 6.20. The highest BCUT2D eigenvalue weighted by Crippen LogP contribution is 2.32. The topological polar surface area (TPSA) is 32.3 Å². The number of halogens is 1. The Morgan fingerprint density at radius 1 is 1.00 bits per heavy atom. The van der Waals surface area contributed by atoms with Gasteiger partial charge in [-0.25, -0.2) is 0 Å². The number of thiophene rings is 1. The molecular weight excluding hydrogens is 302 g/mol. The molecule has 0 atom stereocenters. The number of aromatic hydroxyl groups is 1. The lowest BCUT2D eigenvalue weighted by atomic mass is 10.1. The predicted octanol–water partition coefficient (Wildman–Crippen LogP) is 5.39. The number of phenols is 1. The number of phenolic OH excluding ortho intramolecular Hbond substituents is 1. The van der Waals surface area contributed by atoms with E-state index in [4.69, 9.17) is 11.6 Å². The quantitative estimate of drug-likeness (QED) is 0.677. The van der Waals surface area contributed by atoms with Gasteiger partial charge in [0.1, 0.15) is 5.75 Å². The molecule has 2 N–H and O–H groups in total. The molecule has 1 heterocycles. The van der Waals surface area contributed by atoms with Crippen molar-refractivity contribution in [2.75, 3.05) is 5.32 Å². The van der Waals surface area contributed by atoms with E-state index in [0.29, 0.717) is 11.6 Å². The van der Waals surface area contributed by atoms with Gasteiger partial charge >= 0.3 is 0 Å².